The standard InChI is InChI=1S/C14H17ClN2O/c1-17-7-6-11(10-17)8-16-9-12-13(15)4-3-5-14(12)18-2/h3-7,10,16H,8-9H2,1-2H3. The van der Waals surface area contributed by atoms with Crippen LogP contribution in [0, 0.1) is 0 Å². The minimum absolute atomic E-state index is 0.692. The molecule has 0 bridgehead atoms. The lowest BCUT2D eigenvalue weighted by molar-refractivity contribution is 0.407. The number of ether oxygens (including phenoxy) is 1. The van der Waals surface area contributed by atoms with Gasteiger partial charge in [0.05, 0.1) is 7.11 Å². The zero-order chi connectivity index (χ0) is 13.0. The van der Waals surface area contributed by atoms with E-state index in [9.17, 15) is 0 Å². The van der Waals surface area contributed by atoms with Gasteiger partial charge < -0.3 is 14.6 Å². The Bertz CT molecular complexity index is 522. The summed E-state index contributed by atoms with van der Waals surface area (Å²) in [6, 6.07) is 7.79. The summed E-state index contributed by atoms with van der Waals surface area (Å²) in [7, 11) is 3.67. The van der Waals surface area contributed by atoms with E-state index in [0.29, 0.717) is 6.54 Å². The molecule has 96 valence electrons. The number of nitrogens with one attached hydrogen (secondary N) is 1. The molecule has 0 aliphatic carbocycles. The molecule has 0 spiro atoms. The highest BCUT2D eigenvalue weighted by molar-refractivity contribution is 6.31. The smallest absolute Gasteiger partial charge is 0.124 e. The number of benzene rings is 1. The predicted octanol–water partition coefficient (Wildman–Crippen LogP) is 2.98. The lowest BCUT2D eigenvalue weighted by Gasteiger charge is -2.10. The first-order valence-electron chi connectivity index (χ1n) is 5.83. The maximum absolute atomic E-state index is 6.17. The van der Waals surface area contributed by atoms with Gasteiger partial charge in [0.25, 0.3) is 0 Å². The second-order valence-electron chi connectivity index (χ2n) is 4.21. The van der Waals surface area contributed by atoms with Crippen molar-refractivity contribution in [2.45, 2.75) is 13.1 Å². The van der Waals surface area contributed by atoms with Crippen LogP contribution in [0.3, 0.4) is 0 Å². The molecule has 0 aliphatic rings. The zero-order valence-corrected chi connectivity index (χ0v) is 11.4. The molecule has 0 saturated heterocycles. The number of hydrogen-bond donors (Lipinski definition) is 1. The van der Waals surface area contributed by atoms with Crippen molar-refractivity contribution in [1.82, 2.24) is 9.88 Å². The molecule has 0 unspecified atom stereocenters. The van der Waals surface area contributed by atoms with E-state index in [-0.39, 0.29) is 0 Å². The Balaban J connectivity index is 1.98. The van der Waals surface area contributed by atoms with E-state index < -0.39 is 0 Å². The third-order valence-corrected chi connectivity index (χ3v) is 3.17. The summed E-state index contributed by atoms with van der Waals surface area (Å²) in [5, 5.41) is 4.10. The first kappa shape index (κ1) is 13.0. The number of aromatic nitrogens is 1. The Hall–Kier alpha value is -1.45. The fourth-order valence-corrected chi connectivity index (χ4v) is 2.13. The highest BCUT2D eigenvalue weighted by Gasteiger charge is 2.06. The molecule has 0 radical (unpaired) electrons. The molecule has 0 fully saturated rings. The number of halogens is 1. The van der Waals surface area contributed by atoms with Crippen molar-refractivity contribution in [1.29, 1.82) is 0 Å². The molecule has 4 heteroatoms. The van der Waals surface area contributed by atoms with Gasteiger partial charge in [-0.1, -0.05) is 17.7 Å². The van der Waals surface area contributed by atoms with E-state index in [0.717, 1.165) is 22.9 Å². The Morgan fingerprint density at radius 2 is 2.11 bits per heavy atom. The molecule has 18 heavy (non-hydrogen) atoms. The SMILES string of the molecule is COc1cccc(Cl)c1CNCc1ccn(C)c1. The van der Waals surface area contributed by atoms with Crippen LogP contribution >= 0.6 is 11.6 Å². The van der Waals surface area contributed by atoms with Crippen LogP contribution in [0.15, 0.2) is 36.7 Å². The fraction of sp³-hybridized carbons (Fsp3) is 0.286. The van der Waals surface area contributed by atoms with Crippen LogP contribution in [-0.4, -0.2) is 11.7 Å². The summed E-state index contributed by atoms with van der Waals surface area (Å²) >= 11 is 6.17. The molecule has 0 amide bonds. The number of aryl methyl sites for hydroxylation is 1. The molecule has 1 aromatic carbocycles. The van der Waals surface area contributed by atoms with Gasteiger partial charge >= 0.3 is 0 Å². The molecular weight excluding hydrogens is 248 g/mol. The van der Waals surface area contributed by atoms with Crippen LogP contribution < -0.4 is 10.1 Å². The first-order chi connectivity index (χ1) is 8.70. The van der Waals surface area contributed by atoms with Crippen LogP contribution in [0.1, 0.15) is 11.1 Å². The summed E-state index contributed by atoms with van der Waals surface area (Å²) in [6.45, 7) is 1.51. The van der Waals surface area contributed by atoms with Crippen LogP contribution in [0.25, 0.3) is 0 Å². The van der Waals surface area contributed by atoms with Crippen LogP contribution in [0.5, 0.6) is 5.75 Å². The van der Waals surface area contributed by atoms with Crippen molar-refractivity contribution < 1.29 is 4.74 Å². The van der Waals surface area contributed by atoms with E-state index in [1.54, 1.807) is 7.11 Å². The van der Waals surface area contributed by atoms with E-state index in [2.05, 4.69) is 17.6 Å². The minimum Gasteiger partial charge on any atom is -0.496 e. The summed E-state index contributed by atoms with van der Waals surface area (Å²) < 4.78 is 7.34. The van der Waals surface area contributed by atoms with Crippen molar-refractivity contribution in [3.63, 3.8) is 0 Å². The lowest BCUT2D eigenvalue weighted by atomic mass is 10.2. The Labute approximate surface area is 112 Å². The number of rotatable bonds is 5. The summed E-state index contributed by atoms with van der Waals surface area (Å²) in [6.07, 6.45) is 4.13. The maximum Gasteiger partial charge on any atom is 0.124 e. The van der Waals surface area contributed by atoms with Crippen LogP contribution in [0.4, 0.5) is 0 Å². The molecule has 2 rings (SSSR count). The van der Waals surface area contributed by atoms with Gasteiger partial charge in [-0.2, -0.15) is 0 Å². The van der Waals surface area contributed by atoms with Gasteiger partial charge in [0.15, 0.2) is 0 Å². The normalized spacial score (nSPS) is 10.6. The van der Waals surface area contributed by atoms with Crippen molar-refractivity contribution in [3.05, 3.63) is 52.8 Å². The average molecular weight is 265 g/mol. The van der Waals surface area contributed by atoms with Gasteiger partial charge in [-0.15, -0.1) is 0 Å². The maximum atomic E-state index is 6.17. The molecule has 0 atom stereocenters. The van der Waals surface area contributed by atoms with Gasteiger partial charge in [0.1, 0.15) is 5.75 Å². The third kappa shape index (κ3) is 3.06. The summed E-state index contributed by atoms with van der Waals surface area (Å²) in [4.78, 5) is 0. The molecule has 1 N–H and O–H groups in total. The molecule has 2 aromatic rings. The summed E-state index contributed by atoms with van der Waals surface area (Å²) in [5.41, 5.74) is 2.25. The lowest BCUT2D eigenvalue weighted by Crippen LogP contribution is -2.13. The van der Waals surface area contributed by atoms with E-state index >= 15 is 0 Å². The topological polar surface area (TPSA) is 26.2 Å². The second kappa shape index (κ2) is 5.94. The quantitative estimate of drug-likeness (QED) is 0.899. The van der Waals surface area contributed by atoms with Crippen molar-refractivity contribution >= 4 is 11.6 Å². The number of nitrogens with zero attached hydrogens (tertiary/aromatic N) is 1. The molecule has 1 heterocycles. The highest BCUT2D eigenvalue weighted by Crippen LogP contribution is 2.25. The number of methoxy groups -OCH3 is 1. The van der Waals surface area contributed by atoms with E-state index in [1.807, 2.05) is 36.0 Å². The highest BCUT2D eigenvalue weighted by atomic mass is 35.5. The predicted molar refractivity (Wildman–Crippen MR) is 74.0 cm³/mol. The van der Waals surface area contributed by atoms with Crippen LogP contribution in [0.2, 0.25) is 5.02 Å². The largest absolute Gasteiger partial charge is 0.496 e. The molecule has 3 nitrogen and oxygen atoms in total. The number of hydrogen-bond acceptors (Lipinski definition) is 2. The van der Waals surface area contributed by atoms with Crippen LogP contribution in [-0.2, 0) is 20.1 Å². The monoisotopic (exact) mass is 264 g/mol. The minimum atomic E-state index is 0.692. The summed E-state index contributed by atoms with van der Waals surface area (Å²) in [5.74, 6) is 0.822. The van der Waals surface area contributed by atoms with Crippen molar-refractivity contribution in [2.75, 3.05) is 7.11 Å². The average Bonchev–Trinajstić information content (AvgIpc) is 2.77. The molecule has 0 saturated carbocycles. The zero-order valence-electron chi connectivity index (χ0n) is 10.6. The fourth-order valence-electron chi connectivity index (χ4n) is 1.90. The van der Waals surface area contributed by atoms with E-state index in [1.165, 1.54) is 5.56 Å². The second-order valence-corrected chi connectivity index (χ2v) is 4.62. The molecule has 0 aliphatic heterocycles. The van der Waals surface area contributed by atoms with Gasteiger partial charge in [-0.3, -0.25) is 0 Å². The third-order valence-electron chi connectivity index (χ3n) is 2.82. The van der Waals surface area contributed by atoms with Gasteiger partial charge in [0.2, 0.25) is 0 Å². The van der Waals surface area contributed by atoms with Crippen molar-refractivity contribution in [2.24, 2.45) is 7.05 Å². The van der Waals surface area contributed by atoms with Gasteiger partial charge in [-0.05, 0) is 23.8 Å². The Morgan fingerprint density at radius 3 is 2.78 bits per heavy atom. The van der Waals surface area contributed by atoms with E-state index in [4.69, 9.17) is 16.3 Å². The van der Waals surface area contributed by atoms with Gasteiger partial charge in [0, 0.05) is 43.1 Å². The molecule has 1 aromatic heterocycles. The Kier molecular flexibility index (Phi) is 4.28. The van der Waals surface area contributed by atoms with Crippen molar-refractivity contribution in [3.8, 4) is 5.75 Å². The van der Waals surface area contributed by atoms with Gasteiger partial charge in [-0.25, -0.2) is 0 Å². The molecular formula is C14H17ClN2O. The first-order valence-corrected chi connectivity index (χ1v) is 6.21. The Morgan fingerprint density at radius 1 is 1.28 bits per heavy atom.